The Labute approximate surface area is 85.7 Å². The average molecular weight is 196 g/mol. The molecular formula is C10H20N4. The maximum absolute atomic E-state index is 5.70. The summed E-state index contributed by atoms with van der Waals surface area (Å²) in [5.74, 6) is 0.599. The monoisotopic (exact) mass is 196 g/mol. The van der Waals surface area contributed by atoms with Gasteiger partial charge in [-0.15, -0.1) is 0 Å². The van der Waals surface area contributed by atoms with Gasteiger partial charge in [-0.25, -0.2) is 0 Å². The predicted octanol–water partition coefficient (Wildman–Crippen LogP) is 1.67. The molecule has 0 aliphatic carbocycles. The summed E-state index contributed by atoms with van der Waals surface area (Å²) >= 11 is 0. The minimum absolute atomic E-state index is 0.335. The molecule has 0 aliphatic heterocycles. The molecule has 1 rings (SSSR count). The van der Waals surface area contributed by atoms with Crippen molar-refractivity contribution >= 4 is 5.82 Å². The molecule has 80 valence electrons. The fourth-order valence-corrected chi connectivity index (χ4v) is 1.42. The Morgan fingerprint density at radius 3 is 2.36 bits per heavy atom. The molecule has 0 spiro atoms. The van der Waals surface area contributed by atoms with Crippen molar-refractivity contribution in [1.29, 1.82) is 0 Å². The van der Waals surface area contributed by atoms with E-state index in [4.69, 9.17) is 5.73 Å². The molecule has 14 heavy (non-hydrogen) atoms. The first-order valence-corrected chi connectivity index (χ1v) is 4.94. The molecule has 0 bridgehead atoms. The minimum Gasteiger partial charge on any atom is -0.382 e. The molecule has 1 heterocycles. The van der Waals surface area contributed by atoms with Crippen LogP contribution < -0.4 is 5.73 Å². The summed E-state index contributed by atoms with van der Waals surface area (Å²) in [7, 11) is 4.11. The van der Waals surface area contributed by atoms with Crippen molar-refractivity contribution in [3.8, 4) is 0 Å². The van der Waals surface area contributed by atoms with Crippen LogP contribution in [0.2, 0.25) is 0 Å². The highest BCUT2D eigenvalue weighted by molar-refractivity contribution is 5.31. The number of anilines is 1. The van der Waals surface area contributed by atoms with E-state index in [1.54, 1.807) is 0 Å². The standard InChI is InChI=1S/C10H20N4/c1-7(2)14-9(6-10(11)12-14)8(3)13(4)5/h6-8H,1-5H3,(H2,11,12). The Bertz CT molecular complexity index is 301. The van der Waals surface area contributed by atoms with Crippen molar-refractivity contribution in [2.45, 2.75) is 32.9 Å². The highest BCUT2D eigenvalue weighted by Crippen LogP contribution is 2.22. The Balaban J connectivity index is 3.06. The zero-order valence-electron chi connectivity index (χ0n) is 9.65. The van der Waals surface area contributed by atoms with Gasteiger partial charge in [-0.2, -0.15) is 5.10 Å². The van der Waals surface area contributed by atoms with E-state index < -0.39 is 0 Å². The van der Waals surface area contributed by atoms with Crippen molar-refractivity contribution in [3.63, 3.8) is 0 Å². The van der Waals surface area contributed by atoms with Gasteiger partial charge in [0.05, 0.1) is 5.69 Å². The van der Waals surface area contributed by atoms with Gasteiger partial charge < -0.3 is 10.6 Å². The largest absolute Gasteiger partial charge is 0.382 e. The van der Waals surface area contributed by atoms with Crippen molar-refractivity contribution in [2.24, 2.45) is 0 Å². The lowest BCUT2D eigenvalue weighted by atomic mass is 10.2. The van der Waals surface area contributed by atoms with E-state index in [2.05, 4.69) is 44.9 Å². The molecule has 4 nitrogen and oxygen atoms in total. The van der Waals surface area contributed by atoms with Crippen LogP contribution in [0.1, 0.15) is 38.5 Å². The van der Waals surface area contributed by atoms with Gasteiger partial charge in [0, 0.05) is 18.2 Å². The third-order valence-corrected chi connectivity index (χ3v) is 2.48. The molecule has 1 aromatic rings. The van der Waals surface area contributed by atoms with Crippen LogP contribution >= 0.6 is 0 Å². The number of hydrogen-bond acceptors (Lipinski definition) is 3. The van der Waals surface area contributed by atoms with Crippen LogP contribution in [0, 0.1) is 0 Å². The molecule has 0 radical (unpaired) electrons. The lowest BCUT2D eigenvalue weighted by molar-refractivity contribution is 0.298. The lowest BCUT2D eigenvalue weighted by Crippen LogP contribution is -2.21. The Kier molecular flexibility index (Phi) is 3.16. The quantitative estimate of drug-likeness (QED) is 0.800. The lowest BCUT2D eigenvalue weighted by Gasteiger charge is -2.22. The fourth-order valence-electron chi connectivity index (χ4n) is 1.42. The fraction of sp³-hybridized carbons (Fsp3) is 0.700. The Hall–Kier alpha value is -1.03. The van der Waals surface area contributed by atoms with Gasteiger partial charge in [0.15, 0.2) is 0 Å². The summed E-state index contributed by atoms with van der Waals surface area (Å²) in [4.78, 5) is 2.15. The summed E-state index contributed by atoms with van der Waals surface area (Å²) < 4.78 is 1.99. The van der Waals surface area contributed by atoms with Crippen LogP contribution in [0.15, 0.2) is 6.07 Å². The molecule has 0 amide bonds. The molecule has 0 saturated carbocycles. The van der Waals surface area contributed by atoms with Crippen molar-refractivity contribution in [3.05, 3.63) is 11.8 Å². The first kappa shape index (κ1) is 11.0. The second-order valence-corrected chi connectivity index (χ2v) is 4.17. The van der Waals surface area contributed by atoms with Crippen LogP contribution in [0.4, 0.5) is 5.82 Å². The molecule has 2 N–H and O–H groups in total. The third kappa shape index (κ3) is 2.07. The summed E-state index contributed by atoms with van der Waals surface area (Å²) in [5, 5.41) is 4.28. The summed E-state index contributed by atoms with van der Waals surface area (Å²) in [6.45, 7) is 6.37. The van der Waals surface area contributed by atoms with Gasteiger partial charge in [-0.05, 0) is 34.9 Å². The number of nitrogen functional groups attached to an aromatic ring is 1. The highest BCUT2D eigenvalue weighted by atomic mass is 15.3. The topological polar surface area (TPSA) is 47.1 Å². The van der Waals surface area contributed by atoms with Gasteiger partial charge in [0.2, 0.25) is 0 Å². The molecule has 0 saturated heterocycles. The van der Waals surface area contributed by atoms with E-state index >= 15 is 0 Å². The number of nitrogens with zero attached hydrogens (tertiary/aromatic N) is 3. The van der Waals surface area contributed by atoms with Crippen LogP contribution in [0.5, 0.6) is 0 Å². The summed E-state index contributed by atoms with van der Waals surface area (Å²) in [6.07, 6.45) is 0. The van der Waals surface area contributed by atoms with E-state index in [0.717, 1.165) is 0 Å². The number of rotatable bonds is 3. The zero-order chi connectivity index (χ0) is 10.9. The van der Waals surface area contributed by atoms with Gasteiger partial charge in [-0.3, -0.25) is 4.68 Å². The molecule has 0 fully saturated rings. The molecule has 1 aromatic heterocycles. The molecular weight excluding hydrogens is 176 g/mol. The van der Waals surface area contributed by atoms with Crippen LogP contribution in [-0.4, -0.2) is 28.8 Å². The maximum atomic E-state index is 5.70. The summed E-state index contributed by atoms with van der Waals surface area (Å²) in [6, 6.07) is 2.64. The molecule has 1 atom stereocenters. The molecule has 1 unspecified atom stereocenters. The zero-order valence-corrected chi connectivity index (χ0v) is 9.65. The average Bonchev–Trinajstić information content (AvgIpc) is 2.45. The first-order chi connectivity index (χ1) is 6.43. The number of hydrogen-bond donors (Lipinski definition) is 1. The van der Waals surface area contributed by atoms with Crippen LogP contribution in [0.3, 0.4) is 0 Å². The van der Waals surface area contributed by atoms with Gasteiger partial charge in [0.1, 0.15) is 5.82 Å². The van der Waals surface area contributed by atoms with E-state index in [1.807, 2.05) is 10.7 Å². The highest BCUT2D eigenvalue weighted by Gasteiger charge is 2.16. The predicted molar refractivity (Wildman–Crippen MR) is 59.1 cm³/mol. The van der Waals surface area contributed by atoms with Crippen molar-refractivity contribution < 1.29 is 0 Å². The number of aromatic nitrogens is 2. The maximum Gasteiger partial charge on any atom is 0.145 e. The third-order valence-electron chi connectivity index (χ3n) is 2.48. The molecule has 4 heteroatoms. The van der Waals surface area contributed by atoms with E-state index in [0.29, 0.717) is 17.9 Å². The van der Waals surface area contributed by atoms with E-state index in [1.165, 1.54) is 5.69 Å². The van der Waals surface area contributed by atoms with Crippen LogP contribution in [-0.2, 0) is 0 Å². The van der Waals surface area contributed by atoms with E-state index in [-0.39, 0.29) is 0 Å². The molecule has 0 aromatic carbocycles. The summed E-state index contributed by atoms with van der Waals surface area (Å²) in [5.41, 5.74) is 6.87. The van der Waals surface area contributed by atoms with E-state index in [9.17, 15) is 0 Å². The van der Waals surface area contributed by atoms with Crippen LogP contribution in [0.25, 0.3) is 0 Å². The Morgan fingerprint density at radius 2 is 1.93 bits per heavy atom. The molecule has 0 aliphatic rings. The van der Waals surface area contributed by atoms with Crippen molar-refractivity contribution in [1.82, 2.24) is 14.7 Å². The first-order valence-electron chi connectivity index (χ1n) is 4.94. The number of nitrogens with two attached hydrogens (primary N) is 1. The Morgan fingerprint density at radius 1 is 1.36 bits per heavy atom. The second-order valence-electron chi connectivity index (χ2n) is 4.17. The van der Waals surface area contributed by atoms with Gasteiger partial charge in [0.25, 0.3) is 0 Å². The van der Waals surface area contributed by atoms with Gasteiger partial charge >= 0.3 is 0 Å². The SMILES string of the molecule is CC(c1cc(N)nn1C(C)C)N(C)C. The second kappa shape index (κ2) is 4.00. The minimum atomic E-state index is 0.335. The van der Waals surface area contributed by atoms with Crippen molar-refractivity contribution in [2.75, 3.05) is 19.8 Å². The van der Waals surface area contributed by atoms with Gasteiger partial charge in [-0.1, -0.05) is 0 Å². The normalized spacial score (nSPS) is 13.9. The smallest absolute Gasteiger partial charge is 0.145 e.